The van der Waals surface area contributed by atoms with Crippen LogP contribution in [0.1, 0.15) is 25.5 Å². The quantitative estimate of drug-likeness (QED) is 0.741. The lowest BCUT2D eigenvalue weighted by molar-refractivity contribution is 0.385. The fourth-order valence-corrected chi connectivity index (χ4v) is 1.93. The number of ether oxygens (including phenoxy) is 1. The van der Waals surface area contributed by atoms with Crippen molar-refractivity contribution in [3.63, 3.8) is 0 Å². The standard InChI is InChI=1S/C11H15BN2O3/c1-7(2)11-10(12(15)16)8-5-4-6-9(17-3)14(8)13-11/h4-7,15-16H,1-3H3. The normalized spacial score (nSPS) is 11.2. The zero-order chi connectivity index (χ0) is 12.6. The Morgan fingerprint density at radius 3 is 2.59 bits per heavy atom. The van der Waals surface area contributed by atoms with Crippen LogP contribution in [0.4, 0.5) is 0 Å². The van der Waals surface area contributed by atoms with Crippen LogP contribution in [-0.2, 0) is 0 Å². The third kappa shape index (κ3) is 1.90. The van der Waals surface area contributed by atoms with Crippen LogP contribution in [-0.4, -0.2) is 33.9 Å². The Bertz CT molecular complexity index is 537. The molecule has 2 heterocycles. The molecule has 17 heavy (non-hydrogen) atoms. The van der Waals surface area contributed by atoms with Crippen LogP contribution in [0, 0.1) is 0 Å². The maximum atomic E-state index is 9.47. The molecule has 2 rings (SSSR count). The van der Waals surface area contributed by atoms with Gasteiger partial charge in [0.15, 0.2) is 0 Å². The van der Waals surface area contributed by atoms with Gasteiger partial charge in [-0.1, -0.05) is 19.9 Å². The molecular formula is C11H15BN2O3. The molecule has 90 valence electrons. The Hall–Kier alpha value is -1.53. The molecule has 0 amide bonds. The summed E-state index contributed by atoms with van der Waals surface area (Å²) in [6.45, 7) is 3.92. The maximum absolute atomic E-state index is 9.47. The van der Waals surface area contributed by atoms with Gasteiger partial charge in [-0.2, -0.15) is 5.10 Å². The number of aromatic nitrogens is 2. The zero-order valence-corrected chi connectivity index (χ0v) is 10.1. The molecule has 0 unspecified atom stereocenters. The van der Waals surface area contributed by atoms with Gasteiger partial charge < -0.3 is 14.8 Å². The van der Waals surface area contributed by atoms with E-state index in [0.717, 1.165) is 0 Å². The van der Waals surface area contributed by atoms with Gasteiger partial charge in [0.05, 0.1) is 18.3 Å². The van der Waals surface area contributed by atoms with Gasteiger partial charge in [-0.3, -0.25) is 0 Å². The number of hydrogen-bond donors (Lipinski definition) is 2. The highest BCUT2D eigenvalue weighted by Crippen LogP contribution is 2.18. The third-order valence-electron chi connectivity index (χ3n) is 2.70. The molecule has 0 saturated heterocycles. The second kappa shape index (κ2) is 4.39. The van der Waals surface area contributed by atoms with Crippen molar-refractivity contribution >= 4 is 18.1 Å². The summed E-state index contributed by atoms with van der Waals surface area (Å²) in [6.07, 6.45) is 0. The van der Waals surface area contributed by atoms with E-state index in [4.69, 9.17) is 4.74 Å². The molecule has 2 aromatic rings. The molecule has 0 aromatic carbocycles. The number of fused-ring (bicyclic) bond motifs is 1. The van der Waals surface area contributed by atoms with Crippen LogP contribution in [0.2, 0.25) is 0 Å². The van der Waals surface area contributed by atoms with E-state index in [1.54, 1.807) is 29.8 Å². The molecule has 2 N–H and O–H groups in total. The second-order valence-corrected chi connectivity index (χ2v) is 4.19. The van der Waals surface area contributed by atoms with Crippen molar-refractivity contribution in [3.8, 4) is 5.88 Å². The van der Waals surface area contributed by atoms with E-state index in [1.165, 1.54) is 0 Å². The summed E-state index contributed by atoms with van der Waals surface area (Å²) < 4.78 is 6.78. The summed E-state index contributed by atoms with van der Waals surface area (Å²) in [5.74, 6) is 0.674. The first-order valence-corrected chi connectivity index (χ1v) is 5.48. The Balaban J connectivity index is 2.79. The molecule has 0 fully saturated rings. The van der Waals surface area contributed by atoms with E-state index in [0.29, 0.717) is 22.6 Å². The van der Waals surface area contributed by atoms with Gasteiger partial charge in [0.25, 0.3) is 0 Å². The van der Waals surface area contributed by atoms with Crippen molar-refractivity contribution in [2.75, 3.05) is 7.11 Å². The Kier molecular flexibility index (Phi) is 3.08. The lowest BCUT2D eigenvalue weighted by atomic mass is 9.77. The van der Waals surface area contributed by atoms with E-state index in [9.17, 15) is 10.0 Å². The summed E-state index contributed by atoms with van der Waals surface area (Å²) in [5.41, 5.74) is 1.77. The van der Waals surface area contributed by atoms with Crippen molar-refractivity contribution in [2.45, 2.75) is 19.8 Å². The molecule has 2 aromatic heterocycles. The smallest absolute Gasteiger partial charge is 0.481 e. The van der Waals surface area contributed by atoms with Gasteiger partial charge in [0.2, 0.25) is 5.88 Å². The Labute approximate surface area is 99.8 Å². The highest BCUT2D eigenvalue weighted by Gasteiger charge is 2.25. The summed E-state index contributed by atoms with van der Waals surface area (Å²) >= 11 is 0. The summed E-state index contributed by atoms with van der Waals surface area (Å²) in [5, 5.41) is 23.3. The van der Waals surface area contributed by atoms with Crippen LogP contribution < -0.4 is 10.2 Å². The first kappa shape index (κ1) is 11.9. The molecule has 0 radical (unpaired) electrons. The highest BCUT2D eigenvalue weighted by atomic mass is 16.5. The molecule has 0 aliphatic carbocycles. The molecule has 0 aliphatic heterocycles. The van der Waals surface area contributed by atoms with Gasteiger partial charge in [-0.15, -0.1) is 0 Å². The number of rotatable bonds is 3. The van der Waals surface area contributed by atoms with Crippen LogP contribution in [0.5, 0.6) is 5.88 Å². The molecule has 5 nitrogen and oxygen atoms in total. The third-order valence-corrected chi connectivity index (χ3v) is 2.70. The first-order valence-electron chi connectivity index (χ1n) is 5.48. The van der Waals surface area contributed by atoms with Crippen LogP contribution >= 0.6 is 0 Å². The van der Waals surface area contributed by atoms with E-state index in [1.807, 2.05) is 13.8 Å². The van der Waals surface area contributed by atoms with Gasteiger partial charge in [-0.05, 0) is 12.0 Å². The molecular weight excluding hydrogens is 219 g/mol. The van der Waals surface area contributed by atoms with Crippen molar-refractivity contribution < 1.29 is 14.8 Å². The number of methoxy groups -OCH3 is 1. The van der Waals surface area contributed by atoms with Crippen molar-refractivity contribution in [1.29, 1.82) is 0 Å². The van der Waals surface area contributed by atoms with Crippen molar-refractivity contribution in [2.24, 2.45) is 0 Å². The largest absolute Gasteiger partial charge is 0.492 e. The van der Waals surface area contributed by atoms with Crippen molar-refractivity contribution in [1.82, 2.24) is 9.61 Å². The first-order chi connectivity index (χ1) is 8.06. The van der Waals surface area contributed by atoms with E-state index in [-0.39, 0.29) is 5.92 Å². The van der Waals surface area contributed by atoms with Gasteiger partial charge in [0, 0.05) is 11.5 Å². The molecule has 0 bridgehead atoms. The molecule has 0 atom stereocenters. The average molecular weight is 234 g/mol. The number of nitrogens with zero attached hydrogens (tertiary/aromatic N) is 2. The van der Waals surface area contributed by atoms with Crippen LogP contribution in [0.25, 0.3) is 5.52 Å². The zero-order valence-electron chi connectivity index (χ0n) is 10.1. The van der Waals surface area contributed by atoms with Gasteiger partial charge in [-0.25, -0.2) is 4.52 Å². The van der Waals surface area contributed by atoms with Crippen molar-refractivity contribution in [3.05, 3.63) is 23.9 Å². The minimum Gasteiger partial charge on any atom is -0.481 e. The summed E-state index contributed by atoms with van der Waals surface area (Å²) in [4.78, 5) is 0. The van der Waals surface area contributed by atoms with E-state index in [2.05, 4.69) is 5.10 Å². The lowest BCUT2D eigenvalue weighted by Gasteiger charge is -2.03. The van der Waals surface area contributed by atoms with E-state index >= 15 is 0 Å². The average Bonchev–Trinajstić information content (AvgIpc) is 2.67. The highest BCUT2D eigenvalue weighted by molar-refractivity contribution is 6.61. The fraction of sp³-hybridized carbons (Fsp3) is 0.364. The number of pyridine rings is 1. The molecule has 0 aliphatic rings. The SMILES string of the molecule is COc1cccc2c(B(O)O)c(C(C)C)nn12. The van der Waals surface area contributed by atoms with Gasteiger partial charge >= 0.3 is 7.12 Å². The molecule has 6 heteroatoms. The van der Waals surface area contributed by atoms with Crippen LogP contribution in [0.3, 0.4) is 0 Å². The monoisotopic (exact) mass is 234 g/mol. The van der Waals surface area contributed by atoms with Crippen LogP contribution in [0.15, 0.2) is 18.2 Å². The maximum Gasteiger partial charge on any atom is 0.492 e. The summed E-state index contributed by atoms with van der Waals surface area (Å²) in [6, 6.07) is 5.36. The lowest BCUT2D eigenvalue weighted by Crippen LogP contribution is -2.32. The second-order valence-electron chi connectivity index (χ2n) is 4.19. The molecule has 0 saturated carbocycles. The van der Waals surface area contributed by atoms with Gasteiger partial charge in [0.1, 0.15) is 0 Å². The minimum absolute atomic E-state index is 0.108. The predicted octanol–water partition coefficient (Wildman–Crippen LogP) is 0.146. The molecule has 0 spiro atoms. The minimum atomic E-state index is -1.53. The van der Waals surface area contributed by atoms with E-state index < -0.39 is 7.12 Å². The Morgan fingerprint density at radius 2 is 2.06 bits per heavy atom. The summed E-state index contributed by atoms with van der Waals surface area (Å²) in [7, 11) is 0.0255. The Morgan fingerprint density at radius 1 is 1.35 bits per heavy atom. The topological polar surface area (TPSA) is 67.0 Å². The fourth-order valence-electron chi connectivity index (χ4n) is 1.93. The number of hydrogen-bond acceptors (Lipinski definition) is 4. The predicted molar refractivity (Wildman–Crippen MR) is 65.7 cm³/mol.